The van der Waals surface area contributed by atoms with Gasteiger partial charge >= 0.3 is 0 Å². The van der Waals surface area contributed by atoms with Crippen LogP contribution in [0.1, 0.15) is 33.6 Å². The Morgan fingerprint density at radius 1 is 1.58 bits per heavy atom. The van der Waals surface area contributed by atoms with E-state index in [2.05, 4.69) is 32.7 Å². The highest BCUT2D eigenvalue weighted by Crippen LogP contribution is 2.42. The van der Waals surface area contributed by atoms with Crippen molar-refractivity contribution in [3.63, 3.8) is 0 Å². The van der Waals surface area contributed by atoms with Gasteiger partial charge in [0.1, 0.15) is 0 Å². The molecule has 1 saturated carbocycles. The van der Waals surface area contributed by atoms with E-state index in [1.807, 2.05) is 0 Å². The first kappa shape index (κ1) is 10.0. The smallest absolute Gasteiger partial charge is 0.0356 e. The molecule has 0 aromatic heterocycles. The van der Waals surface area contributed by atoms with Gasteiger partial charge in [0.05, 0.1) is 0 Å². The van der Waals surface area contributed by atoms with E-state index in [9.17, 15) is 0 Å². The maximum Gasteiger partial charge on any atom is 0.0356 e. The maximum atomic E-state index is 5.86. The van der Waals surface area contributed by atoms with E-state index in [1.165, 1.54) is 12.8 Å². The van der Waals surface area contributed by atoms with Crippen LogP contribution in [0.5, 0.6) is 0 Å². The Bertz CT molecular complexity index is 152. The highest BCUT2D eigenvalue weighted by atomic mass is 15.2. The molecule has 1 aliphatic carbocycles. The van der Waals surface area contributed by atoms with Gasteiger partial charge in [0, 0.05) is 18.1 Å². The number of hydrogen-bond acceptors (Lipinski definition) is 2. The summed E-state index contributed by atoms with van der Waals surface area (Å²) in [5, 5.41) is 0. The molecule has 0 heterocycles. The summed E-state index contributed by atoms with van der Waals surface area (Å²) in [5.41, 5.74) is 6.17. The third-order valence-corrected chi connectivity index (χ3v) is 3.76. The lowest BCUT2D eigenvalue weighted by atomic mass is 9.66. The first-order chi connectivity index (χ1) is 5.54. The Balaban J connectivity index is 2.67. The summed E-state index contributed by atoms with van der Waals surface area (Å²) in [4.78, 5) is 2.45. The van der Waals surface area contributed by atoms with Crippen molar-refractivity contribution in [3.05, 3.63) is 0 Å². The summed E-state index contributed by atoms with van der Waals surface area (Å²) in [5.74, 6) is 0.773. The fraction of sp³-hybridized carbons (Fsp3) is 1.00. The minimum absolute atomic E-state index is 0.314. The quantitative estimate of drug-likeness (QED) is 0.694. The van der Waals surface area contributed by atoms with E-state index in [-0.39, 0.29) is 0 Å². The van der Waals surface area contributed by atoms with E-state index in [1.54, 1.807) is 0 Å². The molecular formula is C10H22N2. The SMILES string of the molecule is CC(C)N(C)C1(CN)CCC1C. The van der Waals surface area contributed by atoms with Crippen LogP contribution in [0.2, 0.25) is 0 Å². The number of nitrogens with two attached hydrogens (primary N) is 1. The van der Waals surface area contributed by atoms with Gasteiger partial charge in [0.25, 0.3) is 0 Å². The van der Waals surface area contributed by atoms with Gasteiger partial charge < -0.3 is 5.73 Å². The monoisotopic (exact) mass is 170 g/mol. The molecule has 0 spiro atoms. The second-order valence-electron chi connectivity index (χ2n) is 4.45. The zero-order valence-electron chi connectivity index (χ0n) is 8.80. The normalized spacial score (nSPS) is 35.8. The molecule has 2 atom stereocenters. The Kier molecular flexibility index (Phi) is 2.79. The largest absolute Gasteiger partial charge is 0.329 e. The Hall–Kier alpha value is -0.0800. The minimum Gasteiger partial charge on any atom is -0.329 e. The summed E-state index contributed by atoms with van der Waals surface area (Å²) in [6.45, 7) is 7.60. The second kappa shape index (κ2) is 3.35. The van der Waals surface area contributed by atoms with E-state index in [0.29, 0.717) is 11.6 Å². The van der Waals surface area contributed by atoms with Crippen molar-refractivity contribution >= 4 is 0 Å². The lowest BCUT2D eigenvalue weighted by Crippen LogP contribution is -2.63. The molecule has 1 aliphatic rings. The van der Waals surface area contributed by atoms with Gasteiger partial charge in [0.15, 0.2) is 0 Å². The average molecular weight is 170 g/mol. The first-order valence-electron chi connectivity index (χ1n) is 4.97. The summed E-state index contributed by atoms with van der Waals surface area (Å²) in [7, 11) is 2.20. The number of nitrogens with zero attached hydrogens (tertiary/aromatic N) is 1. The second-order valence-corrected chi connectivity index (χ2v) is 4.45. The van der Waals surface area contributed by atoms with Gasteiger partial charge in [-0.15, -0.1) is 0 Å². The van der Waals surface area contributed by atoms with Crippen LogP contribution in [-0.2, 0) is 0 Å². The zero-order chi connectivity index (χ0) is 9.35. The molecule has 0 saturated heterocycles. The fourth-order valence-electron chi connectivity index (χ4n) is 2.25. The van der Waals surface area contributed by atoms with Crippen LogP contribution in [0.15, 0.2) is 0 Å². The van der Waals surface area contributed by atoms with E-state index < -0.39 is 0 Å². The molecule has 2 unspecified atom stereocenters. The summed E-state index contributed by atoms with van der Waals surface area (Å²) in [6, 6.07) is 0.608. The third-order valence-electron chi connectivity index (χ3n) is 3.76. The topological polar surface area (TPSA) is 29.3 Å². The van der Waals surface area contributed by atoms with Crippen molar-refractivity contribution in [2.24, 2.45) is 11.7 Å². The molecule has 2 heteroatoms. The predicted octanol–water partition coefficient (Wildman–Crippen LogP) is 1.45. The minimum atomic E-state index is 0.314. The predicted molar refractivity (Wildman–Crippen MR) is 53.1 cm³/mol. The lowest BCUT2D eigenvalue weighted by molar-refractivity contribution is -0.0304. The molecule has 1 rings (SSSR count). The van der Waals surface area contributed by atoms with Crippen LogP contribution in [0.4, 0.5) is 0 Å². The molecule has 0 amide bonds. The lowest BCUT2D eigenvalue weighted by Gasteiger charge is -2.55. The molecule has 72 valence electrons. The molecule has 0 aromatic carbocycles. The summed E-state index contributed by atoms with van der Waals surface area (Å²) in [6.07, 6.45) is 2.62. The van der Waals surface area contributed by atoms with Crippen LogP contribution in [-0.4, -0.2) is 30.1 Å². The van der Waals surface area contributed by atoms with E-state index in [0.717, 1.165) is 12.5 Å². The molecule has 0 radical (unpaired) electrons. The van der Waals surface area contributed by atoms with E-state index >= 15 is 0 Å². The summed E-state index contributed by atoms with van der Waals surface area (Å²) >= 11 is 0. The van der Waals surface area contributed by atoms with Gasteiger partial charge in [-0.25, -0.2) is 0 Å². The first-order valence-corrected chi connectivity index (χ1v) is 4.97. The summed E-state index contributed by atoms with van der Waals surface area (Å²) < 4.78 is 0. The average Bonchev–Trinajstić information content (AvgIpc) is 2.03. The van der Waals surface area contributed by atoms with E-state index in [4.69, 9.17) is 5.73 Å². The van der Waals surface area contributed by atoms with Crippen molar-refractivity contribution in [3.8, 4) is 0 Å². The third kappa shape index (κ3) is 1.27. The molecule has 0 bridgehead atoms. The highest BCUT2D eigenvalue weighted by molar-refractivity contribution is 5.03. The van der Waals surface area contributed by atoms with Gasteiger partial charge in [-0.2, -0.15) is 0 Å². The van der Waals surface area contributed by atoms with Crippen molar-refractivity contribution in [1.82, 2.24) is 4.90 Å². The number of likely N-dealkylation sites (N-methyl/N-ethyl adjacent to an activating group) is 1. The Labute approximate surface area is 76.1 Å². The van der Waals surface area contributed by atoms with Crippen molar-refractivity contribution in [2.45, 2.75) is 45.2 Å². The van der Waals surface area contributed by atoms with Crippen molar-refractivity contribution < 1.29 is 0 Å². The van der Waals surface area contributed by atoms with Crippen LogP contribution < -0.4 is 5.73 Å². The van der Waals surface area contributed by atoms with Crippen LogP contribution >= 0.6 is 0 Å². The molecule has 12 heavy (non-hydrogen) atoms. The number of rotatable bonds is 3. The zero-order valence-corrected chi connectivity index (χ0v) is 8.80. The van der Waals surface area contributed by atoms with Crippen molar-refractivity contribution in [1.29, 1.82) is 0 Å². The molecule has 0 aromatic rings. The van der Waals surface area contributed by atoms with Crippen LogP contribution in [0.3, 0.4) is 0 Å². The molecule has 2 N–H and O–H groups in total. The van der Waals surface area contributed by atoms with Gasteiger partial charge in [-0.05, 0) is 39.7 Å². The molecule has 1 fully saturated rings. The standard InChI is InChI=1S/C10H22N2/c1-8(2)12(4)10(7-11)6-5-9(10)3/h8-9H,5-7,11H2,1-4H3. The highest BCUT2D eigenvalue weighted by Gasteiger charge is 2.46. The molecular weight excluding hydrogens is 148 g/mol. The number of hydrogen-bond donors (Lipinski definition) is 1. The molecule has 2 nitrogen and oxygen atoms in total. The molecule has 0 aliphatic heterocycles. The maximum absolute atomic E-state index is 5.86. The Morgan fingerprint density at radius 2 is 2.17 bits per heavy atom. The van der Waals surface area contributed by atoms with Crippen molar-refractivity contribution in [2.75, 3.05) is 13.6 Å². The van der Waals surface area contributed by atoms with Gasteiger partial charge in [-0.3, -0.25) is 4.90 Å². The van der Waals surface area contributed by atoms with Crippen LogP contribution in [0, 0.1) is 5.92 Å². The Morgan fingerprint density at radius 3 is 2.25 bits per heavy atom. The van der Waals surface area contributed by atoms with Crippen LogP contribution in [0.25, 0.3) is 0 Å². The fourth-order valence-corrected chi connectivity index (χ4v) is 2.25. The van der Waals surface area contributed by atoms with Gasteiger partial charge in [-0.1, -0.05) is 6.92 Å². The van der Waals surface area contributed by atoms with Gasteiger partial charge in [0.2, 0.25) is 0 Å².